The number of Topliss-reactive ketones (excluding diaryl/α,β-unsaturated/α-hetero) is 1. The first-order valence-corrected chi connectivity index (χ1v) is 5.72. The van der Waals surface area contributed by atoms with E-state index in [9.17, 15) is 4.79 Å². The molecule has 90 valence electrons. The molecule has 0 aromatic heterocycles. The molecule has 2 rings (SSSR count). The summed E-state index contributed by atoms with van der Waals surface area (Å²) in [5.74, 6) is 1.34. The maximum absolute atomic E-state index is 12.2. The summed E-state index contributed by atoms with van der Waals surface area (Å²) in [4.78, 5) is 12.2. The van der Waals surface area contributed by atoms with Crippen LogP contribution in [-0.2, 0) is 0 Å². The standard InChI is InChI=1S/C14H16O3/c1-16-12-8-7-11(9-13(12)17-2)14(15)10-5-3-4-6-10/h5,7-9H,3-4,6H2,1-2H3. The molecule has 0 fully saturated rings. The van der Waals surface area contributed by atoms with Gasteiger partial charge in [-0.25, -0.2) is 0 Å². The van der Waals surface area contributed by atoms with Gasteiger partial charge in [0.1, 0.15) is 0 Å². The van der Waals surface area contributed by atoms with Crippen LogP contribution in [0.4, 0.5) is 0 Å². The molecule has 1 aliphatic rings. The van der Waals surface area contributed by atoms with Gasteiger partial charge in [0.15, 0.2) is 17.3 Å². The van der Waals surface area contributed by atoms with Crippen LogP contribution in [0.25, 0.3) is 0 Å². The highest BCUT2D eigenvalue weighted by atomic mass is 16.5. The van der Waals surface area contributed by atoms with Gasteiger partial charge >= 0.3 is 0 Å². The Balaban J connectivity index is 2.30. The lowest BCUT2D eigenvalue weighted by molar-refractivity contribution is 0.103. The van der Waals surface area contributed by atoms with Crippen molar-refractivity contribution in [3.63, 3.8) is 0 Å². The summed E-state index contributed by atoms with van der Waals surface area (Å²) >= 11 is 0. The summed E-state index contributed by atoms with van der Waals surface area (Å²) in [5, 5.41) is 0. The first-order chi connectivity index (χ1) is 8.26. The van der Waals surface area contributed by atoms with Crippen LogP contribution in [0.15, 0.2) is 29.8 Å². The van der Waals surface area contributed by atoms with E-state index >= 15 is 0 Å². The number of methoxy groups -OCH3 is 2. The Morgan fingerprint density at radius 3 is 2.53 bits per heavy atom. The highest BCUT2D eigenvalue weighted by Crippen LogP contribution is 2.30. The second kappa shape index (κ2) is 5.04. The lowest BCUT2D eigenvalue weighted by atomic mass is 10.0. The summed E-state index contributed by atoms with van der Waals surface area (Å²) < 4.78 is 10.3. The molecule has 3 heteroatoms. The maximum Gasteiger partial charge on any atom is 0.188 e. The second-order valence-electron chi connectivity index (χ2n) is 4.02. The normalized spacial score (nSPS) is 14.4. The number of rotatable bonds is 4. The van der Waals surface area contributed by atoms with Gasteiger partial charge in [0.25, 0.3) is 0 Å². The minimum absolute atomic E-state index is 0.100. The molecule has 0 bridgehead atoms. The minimum Gasteiger partial charge on any atom is -0.493 e. The van der Waals surface area contributed by atoms with Crippen molar-refractivity contribution in [3.05, 3.63) is 35.4 Å². The fourth-order valence-electron chi connectivity index (χ4n) is 2.04. The Morgan fingerprint density at radius 2 is 1.94 bits per heavy atom. The van der Waals surface area contributed by atoms with Crippen molar-refractivity contribution < 1.29 is 14.3 Å². The molecule has 3 nitrogen and oxygen atoms in total. The Hall–Kier alpha value is -1.77. The maximum atomic E-state index is 12.2. The molecule has 0 aliphatic heterocycles. The van der Waals surface area contributed by atoms with E-state index in [1.807, 2.05) is 6.08 Å². The van der Waals surface area contributed by atoms with E-state index in [0.717, 1.165) is 24.8 Å². The van der Waals surface area contributed by atoms with Gasteiger partial charge in [0, 0.05) is 5.56 Å². The molecule has 0 N–H and O–H groups in total. The van der Waals surface area contributed by atoms with Gasteiger partial charge in [-0.1, -0.05) is 6.08 Å². The lowest BCUT2D eigenvalue weighted by Crippen LogP contribution is -2.02. The molecule has 0 heterocycles. The second-order valence-corrected chi connectivity index (χ2v) is 4.02. The Bertz CT molecular complexity index is 461. The molecule has 0 radical (unpaired) electrons. The Kier molecular flexibility index (Phi) is 3.47. The van der Waals surface area contributed by atoms with E-state index in [2.05, 4.69) is 0 Å². The van der Waals surface area contributed by atoms with Crippen LogP contribution in [0.2, 0.25) is 0 Å². The van der Waals surface area contributed by atoms with Gasteiger partial charge in [0.2, 0.25) is 0 Å². The lowest BCUT2D eigenvalue weighted by Gasteiger charge is -2.09. The van der Waals surface area contributed by atoms with Crippen LogP contribution in [0, 0.1) is 0 Å². The van der Waals surface area contributed by atoms with Crippen molar-refractivity contribution in [2.75, 3.05) is 14.2 Å². The molecule has 0 spiro atoms. The van der Waals surface area contributed by atoms with Crippen LogP contribution >= 0.6 is 0 Å². The summed E-state index contributed by atoms with van der Waals surface area (Å²) in [7, 11) is 3.15. The Labute approximate surface area is 101 Å². The molecule has 0 saturated heterocycles. The van der Waals surface area contributed by atoms with Crippen molar-refractivity contribution in [1.29, 1.82) is 0 Å². The zero-order valence-electron chi connectivity index (χ0n) is 10.2. The van der Waals surface area contributed by atoms with Gasteiger partial charge in [-0.05, 0) is 43.0 Å². The zero-order chi connectivity index (χ0) is 12.3. The van der Waals surface area contributed by atoms with Crippen LogP contribution in [-0.4, -0.2) is 20.0 Å². The molecule has 0 unspecified atom stereocenters. The number of ether oxygens (including phenoxy) is 2. The van der Waals surface area contributed by atoms with E-state index < -0.39 is 0 Å². The summed E-state index contributed by atoms with van der Waals surface area (Å²) in [6.45, 7) is 0. The van der Waals surface area contributed by atoms with E-state index in [0.29, 0.717) is 17.1 Å². The van der Waals surface area contributed by atoms with E-state index in [-0.39, 0.29) is 5.78 Å². The van der Waals surface area contributed by atoms with Crippen molar-refractivity contribution in [2.45, 2.75) is 19.3 Å². The highest BCUT2D eigenvalue weighted by Gasteiger charge is 2.17. The van der Waals surface area contributed by atoms with Crippen LogP contribution in [0.1, 0.15) is 29.6 Å². The van der Waals surface area contributed by atoms with E-state index in [1.54, 1.807) is 32.4 Å². The molecular weight excluding hydrogens is 216 g/mol. The minimum atomic E-state index is 0.100. The molecule has 17 heavy (non-hydrogen) atoms. The topological polar surface area (TPSA) is 35.5 Å². The largest absolute Gasteiger partial charge is 0.493 e. The molecule has 0 saturated carbocycles. The van der Waals surface area contributed by atoms with Crippen molar-refractivity contribution in [2.24, 2.45) is 0 Å². The first kappa shape index (κ1) is 11.7. The van der Waals surface area contributed by atoms with Gasteiger partial charge in [0.05, 0.1) is 14.2 Å². The molecular formula is C14H16O3. The van der Waals surface area contributed by atoms with Crippen LogP contribution in [0.5, 0.6) is 11.5 Å². The number of hydrogen-bond acceptors (Lipinski definition) is 3. The van der Waals surface area contributed by atoms with E-state index in [1.165, 1.54) is 0 Å². The number of allylic oxidation sites excluding steroid dienone is 2. The third-order valence-electron chi connectivity index (χ3n) is 2.98. The summed E-state index contributed by atoms with van der Waals surface area (Å²) in [6.07, 6.45) is 4.99. The number of benzene rings is 1. The SMILES string of the molecule is COc1ccc(C(=O)C2=CCCC2)cc1OC. The fourth-order valence-corrected chi connectivity index (χ4v) is 2.04. The first-order valence-electron chi connectivity index (χ1n) is 5.72. The average molecular weight is 232 g/mol. The van der Waals surface area contributed by atoms with Crippen molar-refractivity contribution in [1.82, 2.24) is 0 Å². The predicted octanol–water partition coefficient (Wildman–Crippen LogP) is 3.00. The zero-order valence-corrected chi connectivity index (χ0v) is 10.2. The number of ketones is 1. The van der Waals surface area contributed by atoms with Gasteiger partial charge in [-0.3, -0.25) is 4.79 Å². The smallest absolute Gasteiger partial charge is 0.188 e. The van der Waals surface area contributed by atoms with Gasteiger partial charge < -0.3 is 9.47 Å². The number of carbonyl (C=O) groups is 1. The third kappa shape index (κ3) is 2.33. The van der Waals surface area contributed by atoms with Crippen molar-refractivity contribution >= 4 is 5.78 Å². The van der Waals surface area contributed by atoms with Gasteiger partial charge in [-0.15, -0.1) is 0 Å². The number of carbonyl (C=O) groups excluding carboxylic acids is 1. The highest BCUT2D eigenvalue weighted by molar-refractivity contribution is 6.09. The molecule has 1 aromatic rings. The molecule has 0 amide bonds. The van der Waals surface area contributed by atoms with Crippen molar-refractivity contribution in [3.8, 4) is 11.5 Å². The number of hydrogen-bond donors (Lipinski definition) is 0. The fraction of sp³-hybridized carbons (Fsp3) is 0.357. The molecule has 1 aliphatic carbocycles. The monoisotopic (exact) mass is 232 g/mol. The van der Waals surface area contributed by atoms with E-state index in [4.69, 9.17) is 9.47 Å². The summed E-state index contributed by atoms with van der Waals surface area (Å²) in [5.41, 5.74) is 1.58. The van der Waals surface area contributed by atoms with Crippen LogP contribution < -0.4 is 9.47 Å². The predicted molar refractivity (Wildman–Crippen MR) is 65.8 cm³/mol. The quantitative estimate of drug-likeness (QED) is 0.748. The average Bonchev–Trinajstić information content (AvgIpc) is 2.90. The molecule has 1 aromatic carbocycles. The molecule has 0 atom stereocenters. The van der Waals surface area contributed by atoms with Crippen LogP contribution in [0.3, 0.4) is 0 Å². The Morgan fingerprint density at radius 1 is 1.18 bits per heavy atom. The third-order valence-corrected chi connectivity index (χ3v) is 2.98. The summed E-state index contributed by atoms with van der Waals surface area (Å²) in [6, 6.07) is 5.28. The van der Waals surface area contributed by atoms with Gasteiger partial charge in [-0.2, -0.15) is 0 Å².